The van der Waals surface area contributed by atoms with Crippen molar-refractivity contribution in [3.8, 4) is 0 Å². The van der Waals surface area contributed by atoms with Crippen LogP contribution >= 0.6 is 0 Å². The molecule has 0 saturated carbocycles. The Kier molecular flexibility index (Phi) is 1.55. The summed E-state index contributed by atoms with van der Waals surface area (Å²) >= 11 is 0. The molecule has 0 fully saturated rings. The lowest BCUT2D eigenvalue weighted by molar-refractivity contribution is 0.475. The van der Waals surface area contributed by atoms with Gasteiger partial charge in [-0.05, 0) is 0 Å². The van der Waals surface area contributed by atoms with E-state index in [1.54, 1.807) is 7.05 Å². The predicted octanol–water partition coefficient (Wildman–Crippen LogP) is 1.55. The standard InChI is InChI=1S/C8H14N2/c1-8(2,3)6-5-7(9-4)10-6/h5H,1-4H3,(H,9,10). The summed E-state index contributed by atoms with van der Waals surface area (Å²) in [4.78, 5) is 3.99. The van der Waals surface area contributed by atoms with Crippen LogP contribution in [0.4, 0.5) is 0 Å². The Labute approximate surface area is 62.0 Å². The first-order valence-corrected chi connectivity index (χ1v) is 3.50. The molecule has 0 spiro atoms. The third-order valence-electron chi connectivity index (χ3n) is 1.59. The van der Waals surface area contributed by atoms with Gasteiger partial charge in [0, 0.05) is 24.2 Å². The molecule has 1 aliphatic heterocycles. The van der Waals surface area contributed by atoms with E-state index in [4.69, 9.17) is 0 Å². The van der Waals surface area contributed by atoms with Crippen LogP contribution in [0, 0.1) is 5.41 Å². The van der Waals surface area contributed by atoms with Crippen LogP contribution in [0.25, 0.3) is 0 Å². The van der Waals surface area contributed by atoms with Crippen LogP contribution in [0.15, 0.2) is 16.8 Å². The number of nitrogens with one attached hydrogen (secondary N) is 1. The van der Waals surface area contributed by atoms with Gasteiger partial charge in [0.1, 0.15) is 5.84 Å². The Morgan fingerprint density at radius 1 is 1.40 bits per heavy atom. The van der Waals surface area contributed by atoms with Crippen LogP contribution in [0.3, 0.4) is 0 Å². The highest BCUT2D eigenvalue weighted by Crippen LogP contribution is 2.26. The Morgan fingerprint density at radius 2 is 1.90 bits per heavy atom. The van der Waals surface area contributed by atoms with Gasteiger partial charge in [0.15, 0.2) is 0 Å². The molecule has 2 heteroatoms. The number of nitrogens with zero attached hydrogens (tertiary/aromatic N) is 1. The summed E-state index contributed by atoms with van der Waals surface area (Å²) in [5, 5.41) is 3.18. The number of aliphatic imine (C=N–C) groups is 1. The Hall–Kier alpha value is -0.790. The lowest BCUT2D eigenvalue weighted by Crippen LogP contribution is -2.38. The average Bonchev–Trinajstić information content (AvgIpc) is 1.57. The number of hydrogen-bond acceptors (Lipinski definition) is 1. The number of rotatable bonds is 0. The summed E-state index contributed by atoms with van der Waals surface area (Å²) in [6.45, 7) is 6.54. The topological polar surface area (TPSA) is 24.4 Å². The normalized spacial score (nSPS) is 21.6. The second kappa shape index (κ2) is 2.11. The molecular weight excluding hydrogens is 124 g/mol. The fourth-order valence-electron chi connectivity index (χ4n) is 0.794. The maximum absolute atomic E-state index is 3.99. The summed E-state index contributed by atoms with van der Waals surface area (Å²) in [6.07, 6.45) is 2.08. The van der Waals surface area contributed by atoms with Gasteiger partial charge in [-0.2, -0.15) is 0 Å². The van der Waals surface area contributed by atoms with E-state index >= 15 is 0 Å². The third kappa shape index (κ3) is 1.20. The molecule has 0 amide bonds. The summed E-state index contributed by atoms with van der Waals surface area (Å²) in [5.41, 5.74) is 1.52. The fourth-order valence-corrected chi connectivity index (χ4v) is 0.794. The van der Waals surface area contributed by atoms with Crippen LogP contribution in [0.5, 0.6) is 0 Å². The van der Waals surface area contributed by atoms with E-state index in [9.17, 15) is 0 Å². The second-order valence-electron chi connectivity index (χ2n) is 3.54. The molecule has 0 saturated heterocycles. The molecule has 1 N–H and O–H groups in total. The lowest BCUT2D eigenvalue weighted by Gasteiger charge is -2.30. The van der Waals surface area contributed by atoms with E-state index in [-0.39, 0.29) is 5.41 Å². The van der Waals surface area contributed by atoms with Crippen LogP contribution in [-0.4, -0.2) is 12.9 Å². The molecule has 2 nitrogen and oxygen atoms in total. The minimum absolute atomic E-state index is 0.244. The van der Waals surface area contributed by atoms with Gasteiger partial charge in [0.05, 0.1) is 0 Å². The van der Waals surface area contributed by atoms with Crippen molar-refractivity contribution >= 4 is 5.84 Å². The maximum Gasteiger partial charge on any atom is 0.126 e. The van der Waals surface area contributed by atoms with E-state index < -0.39 is 0 Å². The molecule has 0 unspecified atom stereocenters. The molecule has 0 bridgehead atoms. The molecule has 10 heavy (non-hydrogen) atoms. The van der Waals surface area contributed by atoms with Gasteiger partial charge in [0.2, 0.25) is 0 Å². The van der Waals surface area contributed by atoms with E-state index in [1.807, 2.05) is 0 Å². The first kappa shape index (κ1) is 7.32. The highest BCUT2D eigenvalue weighted by molar-refractivity contribution is 6.00. The highest BCUT2D eigenvalue weighted by Gasteiger charge is 2.23. The minimum Gasteiger partial charge on any atom is -0.343 e. The van der Waals surface area contributed by atoms with E-state index in [1.165, 1.54) is 5.70 Å². The first-order valence-electron chi connectivity index (χ1n) is 3.50. The van der Waals surface area contributed by atoms with Crippen molar-refractivity contribution in [1.82, 2.24) is 5.32 Å². The van der Waals surface area contributed by atoms with Crippen LogP contribution in [-0.2, 0) is 0 Å². The smallest absolute Gasteiger partial charge is 0.126 e. The number of allylic oxidation sites excluding steroid dienone is 1. The summed E-state index contributed by atoms with van der Waals surface area (Å²) < 4.78 is 0. The fraction of sp³-hybridized carbons (Fsp3) is 0.625. The predicted molar refractivity (Wildman–Crippen MR) is 44.0 cm³/mol. The van der Waals surface area contributed by atoms with Crippen molar-refractivity contribution in [2.45, 2.75) is 20.8 Å². The van der Waals surface area contributed by atoms with Crippen molar-refractivity contribution in [3.63, 3.8) is 0 Å². The van der Waals surface area contributed by atoms with Crippen molar-refractivity contribution in [3.05, 3.63) is 11.8 Å². The second-order valence-corrected chi connectivity index (χ2v) is 3.54. The molecule has 1 rings (SSSR count). The summed E-state index contributed by atoms with van der Waals surface area (Å²) in [5.74, 6) is 0.991. The van der Waals surface area contributed by atoms with Gasteiger partial charge >= 0.3 is 0 Å². The molecule has 0 aliphatic carbocycles. The first-order chi connectivity index (χ1) is 4.54. The maximum atomic E-state index is 3.99. The SMILES string of the molecule is CN=C1C=C(C(C)(C)C)N1. The minimum atomic E-state index is 0.244. The summed E-state index contributed by atoms with van der Waals surface area (Å²) in [6, 6.07) is 0. The van der Waals surface area contributed by atoms with Gasteiger partial charge < -0.3 is 5.32 Å². The molecule has 0 aromatic rings. The molecule has 1 heterocycles. The molecule has 1 aliphatic rings. The molecule has 0 radical (unpaired) electrons. The van der Waals surface area contributed by atoms with Gasteiger partial charge in [-0.25, -0.2) is 0 Å². The number of hydrogen-bond donors (Lipinski definition) is 1. The van der Waals surface area contributed by atoms with E-state index in [2.05, 4.69) is 37.2 Å². The van der Waals surface area contributed by atoms with Crippen molar-refractivity contribution in [2.75, 3.05) is 7.05 Å². The number of amidine groups is 1. The average molecular weight is 138 g/mol. The molecule has 0 aromatic carbocycles. The van der Waals surface area contributed by atoms with Gasteiger partial charge in [-0.15, -0.1) is 0 Å². The Morgan fingerprint density at radius 3 is 2.20 bits per heavy atom. The third-order valence-corrected chi connectivity index (χ3v) is 1.59. The van der Waals surface area contributed by atoms with Gasteiger partial charge in [-0.1, -0.05) is 20.8 Å². The summed E-state index contributed by atoms with van der Waals surface area (Å²) in [7, 11) is 1.79. The molecule has 56 valence electrons. The molecule has 0 aromatic heterocycles. The zero-order chi connectivity index (χ0) is 7.78. The molecule has 0 atom stereocenters. The monoisotopic (exact) mass is 138 g/mol. The van der Waals surface area contributed by atoms with Gasteiger partial charge in [-0.3, -0.25) is 4.99 Å². The van der Waals surface area contributed by atoms with Crippen molar-refractivity contribution in [2.24, 2.45) is 10.4 Å². The van der Waals surface area contributed by atoms with Crippen LogP contribution < -0.4 is 5.32 Å². The van der Waals surface area contributed by atoms with Crippen LogP contribution in [0.1, 0.15) is 20.8 Å². The van der Waals surface area contributed by atoms with E-state index in [0.29, 0.717) is 0 Å². The van der Waals surface area contributed by atoms with Crippen molar-refractivity contribution < 1.29 is 0 Å². The quantitative estimate of drug-likeness (QED) is 0.539. The highest BCUT2D eigenvalue weighted by atomic mass is 15.0. The van der Waals surface area contributed by atoms with Crippen molar-refractivity contribution in [1.29, 1.82) is 0 Å². The van der Waals surface area contributed by atoms with Gasteiger partial charge in [0.25, 0.3) is 0 Å². The Bertz CT molecular complexity index is 194. The van der Waals surface area contributed by atoms with Crippen LogP contribution in [0.2, 0.25) is 0 Å². The van der Waals surface area contributed by atoms with E-state index in [0.717, 1.165) is 5.84 Å². The largest absolute Gasteiger partial charge is 0.343 e. The Balaban J connectivity index is 2.67. The zero-order valence-electron chi connectivity index (χ0n) is 7.02. The zero-order valence-corrected chi connectivity index (χ0v) is 7.02. The lowest BCUT2D eigenvalue weighted by atomic mass is 9.88. The molecular formula is C8H14N2.